The number of hydrogen-bond acceptors (Lipinski definition) is 4. The highest BCUT2D eigenvalue weighted by Crippen LogP contribution is 2.31. The number of rotatable bonds is 5. The highest BCUT2D eigenvalue weighted by molar-refractivity contribution is 5.93. The van der Waals surface area contributed by atoms with Gasteiger partial charge in [-0.15, -0.1) is 0 Å². The molecular formula is C16H20N4O2. The van der Waals surface area contributed by atoms with Crippen molar-refractivity contribution in [2.75, 3.05) is 19.6 Å². The summed E-state index contributed by atoms with van der Waals surface area (Å²) >= 11 is 0. The van der Waals surface area contributed by atoms with Gasteiger partial charge in [-0.3, -0.25) is 9.89 Å². The number of aromatic nitrogens is 2. The van der Waals surface area contributed by atoms with Gasteiger partial charge in [-0.2, -0.15) is 5.10 Å². The number of furan rings is 1. The molecule has 2 aromatic rings. The fourth-order valence-electron chi connectivity index (χ4n) is 3.12. The molecule has 22 heavy (non-hydrogen) atoms. The van der Waals surface area contributed by atoms with Crippen LogP contribution in [-0.4, -0.2) is 46.7 Å². The molecule has 1 aliphatic carbocycles. The minimum Gasteiger partial charge on any atom is -0.463 e. The zero-order chi connectivity index (χ0) is 14.9. The van der Waals surface area contributed by atoms with Crippen molar-refractivity contribution in [3.05, 3.63) is 30.2 Å². The van der Waals surface area contributed by atoms with Gasteiger partial charge in [-0.1, -0.05) is 0 Å². The van der Waals surface area contributed by atoms with E-state index in [0.29, 0.717) is 17.4 Å². The minimum absolute atomic E-state index is 0.126. The molecule has 1 atom stereocenters. The standard InChI is InChI=1S/C16H20N4O2/c21-16(14-8-13(18-19-14)15-2-1-7-22-15)17-9-11-5-6-20(10-11)12-3-4-12/h1-2,7-8,11-12H,3-6,9-10H2,(H,17,21)(H,18,19). The van der Waals surface area contributed by atoms with Crippen molar-refractivity contribution in [1.82, 2.24) is 20.4 Å². The van der Waals surface area contributed by atoms with E-state index in [1.807, 2.05) is 12.1 Å². The zero-order valence-electron chi connectivity index (χ0n) is 12.4. The summed E-state index contributed by atoms with van der Waals surface area (Å²) in [5.41, 5.74) is 1.12. The van der Waals surface area contributed by atoms with Gasteiger partial charge in [0.1, 0.15) is 5.69 Å². The normalized spacial score (nSPS) is 22.1. The summed E-state index contributed by atoms with van der Waals surface area (Å²) in [7, 11) is 0. The topological polar surface area (TPSA) is 74.2 Å². The Labute approximate surface area is 128 Å². The van der Waals surface area contributed by atoms with Crippen molar-refractivity contribution in [3.63, 3.8) is 0 Å². The van der Waals surface area contributed by atoms with E-state index in [2.05, 4.69) is 20.4 Å². The summed E-state index contributed by atoms with van der Waals surface area (Å²) in [4.78, 5) is 14.7. The Balaban J connectivity index is 1.31. The van der Waals surface area contributed by atoms with Gasteiger partial charge in [-0.05, 0) is 43.9 Å². The van der Waals surface area contributed by atoms with E-state index >= 15 is 0 Å². The third-order valence-corrected chi connectivity index (χ3v) is 4.53. The molecule has 0 aromatic carbocycles. The van der Waals surface area contributed by atoms with E-state index < -0.39 is 0 Å². The molecule has 116 valence electrons. The van der Waals surface area contributed by atoms with Gasteiger partial charge in [0, 0.05) is 25.2 Å². The van der Waals surface area contributed by atoms with E-state index in [1.54, 1.807) is 12.3 Å². The molecule has 6 heteroatoms. The number of nitrogens with one attached hydrogen (secondary N) is 2. The molecule has 0 spiro atoms. The van der Waals surface area contributed by atoms with E-state index in [1.165, 1.54) is 25.8 Å². The van der Waals surface area contributed by atoms with Crippen molar-refractivity contribution >= 4 is 5.91 Å². The van der Waals surface area contributed by atoms with Crippen molar-refractivity contribution in [2.45, 2.75) is 25.3 Å². The molecule has 2 fully saturated rings. The van der Waals surface area contributed by atoms with Crippen LogP contribution in [0.15, 0.2) is 28.9 Å². The number of carbonyl (C=O) groups excluding carboxylic acids is 1. The lowest BCUT2D eigenvalue weighted by Crippen LogP contribution is -2.31. The van der Waals surface area contributed by atoms with Gasteiger partial charge in [-0.25, -0.2) is 0 Å². The molecule has 2 aliphatic rings. The van der Waals surface area contributed by atoms with Crippen LogP contribution in [0, 0.1) is 5.92 Å². The first kappa shape index (κ1) is 13.6. The number of nitrogens with zero attached hydrogens (tertiary/aromatic N) is 2. The lowest BCUT2D eigenvalue weighted by Gasteiger charge is -2.14. The Bertz CT molecular complexity index is 645. The molecule has 1 aliphatic heterocycles. The number of aromatic amines is 1. The van der Waals surface area contributed by atoms with Crippen LogP contribution in [0.4, 0.5) is 0 Å². The third kappa shape index (κ3) is 2.78. The quantitative estimate of drug-likeness (QED) is 0.884. The molecule has 2 N–H and O–H groups in total. The maximum atomic E-state index is 12.2. The maximum Gasteiger partial charge on any atom is 0.271 e. The number of likely N-dealkylation sites (tertiary alicyclic amines) is 1. The van der Waals surface area contributed by atoms with Crippen LogP contribution >= 0.6 is 0 Å². The summed E-state index contributed by atoms with van der Waals surface area (Å²) < 4.78 is 5.29. The number of amides is 1. The fourth-order valence-corrected chi connectivity index (χ4v) is 3.12. The molecule has 0 bridgehead atoms. The Morgan fingerprint density at radius 3 is 3.14 bits per heavy atom. The Kier molecular flexibility index (Phi) is 3.46. The minimum atomic E-state index is -0.126. The first-order valence-corrected chi connectivity index (χ1v) is 7.91. The lowest BCUT2D eigenvalue weighted by molar-refractivity contribution is 0.0942. The first-order valence-electron chi connectivity index (χ1n) is 7.91. The molecule has 0 radical (unpaired) electrons. The van der Waals surface area contributed by atoms with E-state index in [9.17, 15) is 4.79 Å². The van der Waals surface area contributed by atoms with Crippen LogP contribution in [0.5, 0.6) is 0 Å². The largest absolute Gasteiger partial charge is 0.463 e. The van der Waals surface area contributed by atoms with Gasteiger partial charge in [0.05, 0.1) is 6.26 Å². The Morgan fingerprint density at radius 1 is 1.45 bits per heavy atom. The fraction of sp³-hybridized carbons (Fsp3) is 0.500. The number of H-pyrrole nitrogens is 1. The zero-order valence-corrected chi connectivity index (χ0v) is 12.4. The summed E-state index contributed by atoms with van der Waals surface area (Å²) in [5.74, 6) is 1.12. The van der Waals surface area contributed by atoms with E-state index in [4.69, 9.17) is 4.42 Å². The maximum absolute atomic E-state index is 12.2. The summed E-state index contributed by atoms with van der Waals surface area (Å²) in [6.07, 6.45) is 5.47. The Hall–Kier alpha value is -2.08. The average molecular weight is 300 g/mol. The van der Waals surface area contributed by atoms with Gasteiger partial charge >= 0.3 is 0 Å². The second kappa shape index (κ2) is 5.61. The predicted molar refractivity (Wildman–Crippen MR) is 81.3 cm³/mol. The molecule has 1 saturated carbocycles. The second-order valence-corrected chi connectivity index (χ2v) is 6.23. The van der Waals surface area contributed by atoms with E-state index in [0.717, 1.165) is 24.8 Å². The molecule has 3 heterocycles. The van der Waals surface area contributed by atoms with Crippen molar-refractivity contribution < 1.29 is 9.21 Å². The molecular weight excluding hydrogens is 280 g/mol. The van der Waals surface area contributed by atoms with Crippen LogP contribution in [0.3, 0.4) is 0 Å². The Morgan fingerprint density at radius 2 is 2.36 bits per heavy atom. The van der Waals surface area contributed by atoms with Gasteiger partial charge in [0.25, 0.3) is 5.91 Å². The van der Waals surface area contributed by atoms with Crippen LogP contribution in [0.1, 0.15) is 29.8 Å². The summed E-state index contributed by atoms with van der Waals surface area (Å²) in [5, 5.41) is 9.90. The molecule has 1 amide bonds. The van der Waals surface area contributed by atoms with Crippen LogP contribution in [-0.2, 0) is 0 Å². The number of hydrogen-bond donors (Lipinski definition) is 2. The summed E-state index contributed by atoms with van der Waals surface area (Å²) in [6.45, 7) is 3.02. The lowest BCUT2D eigenvalue weighted by atomic mass is 10.1. The van der Waals surface area contributed by atoms with Gasteiger partial charge in [0.15, 0.2) is 11.5 Å². The third-order valence-electron chi connectivity index (χ3n) is 4.53. The highest BCUT2D eigenvalue weighted by atomic mass is 16.3. The molecule has 1 unspecified atom stereocenters. The summed E-state index contributed by atoms with van der Waals surface area (Å²) in [6, 6.07) is 6.18. The van der Waals surface area contributed by atoms with Crippen LogP contribution < -0.4 is 5.32 Å². The second-order valence-electron chi connectivity index (χ2n) is 6.23. The van der Waals surface area contributed by atoms with Gasteiger partial charge < -0.3 is 14.6 Å². The molecule has 1 saturated heterocycles. The van der Waals surface area contributed by atoms with Crippen molar-refractivity contribution in [2.24, 2.45) is 5.92 Å². The smallest absolute Gasteiger partial charge is 0.271 e. The van der Waals surface area contributed by atoms with Gasteiger partial charge in [0.2, 0.25) is 0 Å². The van der Waals surface area contributed by atoms with Crippen LogP contribution in [0.2, 0.25) is 0 Å². The number of carbonyl (C=O) groups is 1. The first-order chi connectivity index (χ1) is 10.8. The van der Waals surface area contributed by atoms with E-state index in [-0.39, 0.29) is 5.91 Å². The monoisotopic (exact) mass is 300 g/mol. The molecule has 2 aromatic heterocycles. The van der Waals surface area contributed by atoms with Crippen molar-refractivity contribution in [1.29, 1.82) is 0 Å². The molecule has 6 nitrogen and oxygen atoms in total. The van der Waals surface area contributed by atoms with Crippen LogP contribution in [0.25, 0.3) is 11.5 Å². The highest BCUT2D eigenvalue weighted by Gasteiger charge is 2.34. The average Bonchev–Trinajstić information content (AvgIpc) is 3.02. The molecule has 4 rings (SSSR count). The SMILES string of the molecule is O=C(NCC1CCN(C2CC2)C1)c1cc(-c2ccco2)[nH]n1. The predicted octanol–water partition coefficient (Wildman–Crippen LogP) is 1.88. The van der Waals surface area contributed by atoms with Crippen molar-refractivity contribution in [3.8, 4) is 11.5 Å².